The molecule has 3 heteroatoms. The highest BCUT2D eigenvalue weighted by molar-refractivity contribution is 5.44. The highest BCUT2D eigenvalue weighted by Crippen LogP contribution is 2.37. The van der Waals surface area contributed by atoms with Crippen molar-refractivity contribution >= 4 is 5.82 Å². The summed E-state index contributed by atoms with van der Waals surface area (Å²) in [4.78, 5) is 0. The molecule has 0 bridgehead atoms. The summed E-state index contributed by atoms with van der Waals surface area (Å²) in [5.41, 5.74) is 8.56. The zero-order valence-electron chi connectivity index (χ0n) is 9.08. The van der Waals surface area contributed by atoms with Crippen LogP contribution in [0.4, 0.5) is 5.82 Å². The van der Waals surface area contributed by atoms with Crippen LogP contribution in [0, 0.1) is 0 Å². The fourth-order valence-corrected chi connectivity index (χ4v) is 2.67. The van der Waals surface area contributed by atoms with Gasteiger partial charge in [-0.25, -0.2) is 0 Å². The lowest BCUT2D eigenvalue weighted by atomic mass is 9.98. The lowest BCUT2D eigenvalue weighted by Gasteiger charge is -2.11. The second kappa shape index (κ2) is 3.64. The average molecular weight is 193 g/mol. The van der Waals surface area contributed by atoms with Gasteiger partial charge in [-0.1, -0.05) is 19.8 Å². The van der Waals surface area contributed by atoms with Crippen LogP contribution in [0.2, 0.25) is 0 Å². The predicted octanol–water partition coefficient (Wildman–Crippen LogP) is 2.22. The van der Waals surface area contributed by atoms with Crippen molar-refractivity contribution in [1.29, 1.82) is 0 Å². The van der Waals surface area contributed by atoms with Gasteiger partial charge >= 0.3 is 0 Å². The Morgan fingerprint density at radius 1 is 1.43 bits per heavy atom. The van der Waals surface area contributed by atoms with E-state index in [0.29, 0.717) is 5.92 Å². The number of aromatic nitrogens is 2. The second-order valence-corrected chi connectivity index (χ2v) is 4.21. The van der Waals surface area contributed by atoms with Crippen LogP contribution in [0.15, 0.2) is 0 Å². The van der Waals surface area contributed by atoms with Crippen LogP contribution >= 0.6 is 0 Å². The Kier molecular flexibility index (Phi) is 2.48. The van der Waals surface area contributed by atoms with Crippen molar-refractivity contribution in [3.63, 3.8) is 0 Å². The second-order valence-electron chi connectivity index (χ2n) is 4.21. The summed E-state index contributed by atoms with van der Waals surface area (Å²) >= 11 is 0. The van der Waals surface area contributed by atoms with E-state index in [1.807, 2.05) is 11.7 Å². The number of hydrogen-bond donors (Lipinski definition) is 1. The minimum Gasteiger partial charge on any atom is -0.382 e. The first-order chi connectivity index (χ1) is 6.74. The molecule has 0 saturated heterocycles. The smallest absolute Gasteiger partial charge is 0.148 e. The van der Waals surface area contributed by atoms with Crippen LogP contribution in [0.5, 0.6) is 0 Å². The lowest BCUT2D eigenvalue weighted by molar-refractivity contribution is 0.612. The first kappa shape index (κ1) is 9.56. The molecule has 1 fully saturated rings. The van der Waals surface area contributed by atoms with E-state index in [2.05, 4.69) is 12.0 Å². The molecule has 14 heavy (non-hydrogen) atoms. The maximum atomic E-state index is 5.89. The van der Waals surface area contributed by atoms with Crippen molar-refractivity contribution in [3.05, 3.63) is 11.3 Å². The summed E-state index contributed by atoms with van der Waals surface area (Å²) in [6.07, 6.45) is 6.35. The number of nitrogen functional groups attached to an aromatic ring is 1. The third kappa shape index (κ3) is 1.41. The maximum absolute atomic E-state index is 5.89. The summed E-state index contributed by atoms with van der Waals surface area (Å²) in [5, 5.41) is 4.32. The molecule has 0 spiro atoms. The molecule has 2 N–H and O–H groups in total. The molecular formula is C11H19N3. The average Bonchev–Trinajstić information content (AvgIpc) is 2.72. The molecular weight excluding hydrogens is 174 g/mol. The molecule has 0 aromatic carbocycles. The summed E-state index contributed by atoms with van der Waals surface area (Å²) < 4.78 is 1.99. The van der Waals surface area contributed by atoms with Crippen molar-refractivity contribution in [2.45, 2.75) is 44.9 Å². The number of rotatable bonds is 2. The highest BCUT2D eigenvalue weighted by Gasteiger charge is 2.24. The molecule has 3 nitrogen and oxygen atoms in total. The monoisotopic (exact) mass is 193 g/mol. The minimum atomic E-state index is 0.708. The van der Waals surface area contributed by atoms with E-state index in [9.17, 15) is 0 Å². The highest BCUT2D eigenvalue weighted by atomic mass is 15.3. The lowest BCUT2D eigenvalue weighted by Crippen LogP contribution is -2.04. The van der Waals surface area contributed by atoms with Crippen LogP contribution in [-0.4, -0.2) is 9.78 Å². The van der Waals surface area contributed by atoms with Gasteiger partial charge in [0, 0.05) is 24.2 Å². The molecule has 0 unspecified atom stereocenters. The number of aryl methyl sites for hydroxylation is 1. The van der Waals surface area contributed by atoms with Gasteiger partial charge < -0.3 is 5.73 Å². The summed E-state index contributed by atoms with van der Waals surface area (Å²) in [5.74, 6) is 1.44. The first-order valence-electron chi connectivity index (χ1n) is 5.55. The molecule has 2 rings (SSSR count). The van der Waals surface area contributed by atoms with E-state index in [-0.39, 0.29) is 0 Å². The number of anilines is 1. The predicted molar refractivity (Wildman–Crippen MR) is 58.2 cm³/mol. The quantitative estimate of drug-likeness (QED) is 0.782. The zero-order valence-corrected chi connectivity index (χ0v) is 9.08. The Morgan fingerprint density at radius 2 is 2.07 bits per heavy atom. The van der Waals surface area contributed by atoms with Gasteiger partial charge in [0.15, 0.2) is 0 Å². The van der Waals surface area contributed by atoms with Crippen LogP contribution < -0.4 is 5.73 Å². The molecule has 0 amide bonds. The summed E-state index contributed by atoms with van der Waals surface area (Å²) in [6, 6.07) is 0. The minimum absolute atomic E-state index is 0.708. The van der Waals surface area contributed by atoms with Gasteiger partial charge in [-0.15, -0.1) is 0 Å². The van der Waals surface area contributed by atoms with Crippen molar-refractivity contribution in [3.8, 4) is 0 Å². The van der Waals surface area contributed by atoms with Crippen molar-refractivity contribution < 1.29 is 0 Å². The molecule has 1 aromatic heterocycles. The molecule has 1 aliphatic rings. The summed E-state index contributed by atoms with van der Waals surface area (Å²) in [6.45, 7) is 2.16. The van der Waals surface area contributed by atoms with Crippen LogP contribution in [0.1, 0.15) is 49.8 Å². The maximum Gasteiger partial charge on any atom is 0.148 e. The summed E-state index contributed by atoms with van der Waals surface area (Å²) in [7, 11) is 2.02. The van der Waals surface area contributed by atoms with E-state index >= 15 is 0 Å². The molecule has 0 radical (unpaired) electrons. The van der Waals surface area contributed by atoms with E-state index in [4.69, 9.17) is 5.73 Å². The van der Waals surface area contributed by atoms with Gasteiger partial charge in [0.25, 0.3) is 0 Å². The zero-order chi connectivity index (χ0) is 10.1. The number of hydrogen-bond acceptors (Lipinski definition) is 2. The third-order valence-electron chi connectivity index (χ3n) is 3.32. The van der Waals surface area contributed by atoms with E-state index in [1.165, 1.54) is 36.9 Å². The van der Waals surface area contributed by atoms with Gasteiger partial charge in [-0.05, 0) is 19.3 Å². The topological polar surface area (TPSA) is 43.8 Å². The Labute approximate surface area is 85.3 Å². The van der Waals surface area contributed by atoms with E-state index in [0.717, 1.165) is 12.2 Å². The number of nitrogens with two attached hydrogens (primary N) is 1. The SMILES string of the molecule is CCc1c(N)nn(C)c1C1CCCC1. The van der Waals surface area contributed by atoms with Crippen molar-refractivity contribution in [2.75, 3.05) is 5.73 Å². The molecule has 1 saturated carbocycles. The normalized spacial score (nSPS) is 17.9. The van der Waals surface area contributed by atoms with Gasteiger partial charge in [0.1, 0.15) is 5.82 Å². The van der Waals surface area contributed by atoms with Crippen molar-refractivity contribution in [2.24, 2.45) is 7.05 Å². The number of nitrogens with zero attached hydrogens (tertiary/aromatic N) is 2. The molecule has 1 heterocycles. The van der Waals surface area contributed by atoms with Gasteiger partial charge in [0.2, 0.25) is 0 Å². The van der Waals surface area contributed by atoms with Gasteiger partial charge in [-0.3, -0.25) is 4.68 Å². The van der Waals surface area contributed by atoms with E-state index in [1.54, 1.807) is 0 Å². The van der Waals surface area contributed by atoms with Crippen molar-refractivity contribution in [1.82, 2.24) is 9.78 Å². The Bertz CT molecular complexity index is 322. The Balaban J connectivity index is 2.38. The van der Waals surface area contributed by atoms with Gasteiger partial charge in [0.05, 0.1) is 0 Å². The molecule has 1 aromatic rings. The van der Waals surface area contributed by atoms with Gasteiger partial charge in [-0.2, -0.15) is 5.10 Å². The van der Waals surface area contributed by atoms with E-state index < -0.39 is 0 Å². The standard InChI is InChI=1S/C11H19N3/c1-3-9-10(8-6-4-5-7-8)14(2)13-11(9)12/h8H,3-7H2,1-2H3,(H2,12,13). The van der Waals surface area contributed by atoms with Crippen LogP contribution in [0.3, 0.4) is 0 Å². The third-order valence-corrected chi connectivity index (χ3v) is 3.32. The molecule has 1 aliphatic carbocycles. The molecule has 0 atom stereocenters. The van der Waals surface area contributed by atoms with Crippen LogP contribution in [-0.2, 0) is 13.5 Å². The first-order valence-corrected chi connectivity index (χ1v) is 5.55. The Hall–Kier alpha value is -0.990. The molecule has 78 valence electrons. The molecule has 0 aliphatic heterocycles. The largest absolute Gasteiger partial charge is 0.382 e. The van der Waals surface area contributed by atoms with Crippen LogP contribution in [0.25, 0.3) is 0 Å². The fraction of sp³-hybridized carbons (Fsp3) is 0.727. The Morgan fingerprint density at radius 3 is 2.64 bits per heavy atom. The fourth-order valence-electron chi connectivity index (χ4n) is 2.67.